The number of nitroso groups, excluding NO2 is 1. The summed E-state index contributed by atoms with van der Waals surface area (Å²) in [7, 11) is 0. The molecule has 0 spiro atoms. The summed E-state index contributed by atoms with van der Waals surface area (Å²) in [6, 6.07) is 1.63. The van der Waals surface area contributed by atoms with Crippen molar-refractivity contribution in [2.45, 2.75) is 6.42 Å². The van der Waals surface area contributed by atoms with Crippen LogP contribution in [0.3, 0.4) is 0 Å². The standard InChI is InChI=1S/C11H8F2N2O2/c12-8-6-11(9(13)5-10(8)14-17)15-3-1-7(16)2-4-15/h1,3,5-6H,2,4H2. The summed E-state index contributed by atoms with van der Waals surface area (Å²) in [5.41, 5.74) is -0.582. The number of carbonyl (C=O) groups is 1. The van der Waals surface area contributed by atoms with Crippen molar-refractivity contribution in [1.29, 1.82) is 0 Å². The lowest BCUT2D eigenvalue weighted by molar-refractivity contribution is -0.114. The molecule has 17 heavy (non-hydrogen) atoms. The Labute approximate surface area is 95.5 Å². The van der Waals surface area contributed by atoms with E-state index in [1.807, 2.05) is 0 Å². The molecule has 0 aliphatic carbocycles. The second-order valence-electron chi connectivity index (χ2n) is 3.57. The molecule has 2 rings (SSSR count). The summed E-state index contributed by atoms with van der Waals surface area (Å²) in [6.07, 6.45) is 2.93. The van der Waals surface area contributed by atoms with Crippen LogP contribution in [0.4, 0.5) is 20.2 Å². The molecule has 6 heteroatoms. The molecule has 0 fully saturated rings. The highest BCUT2D eigenvalue weighted by atomic mass is 19.1. The van der Waals surface area contributed by atoms with Crippen LogP contribution in [0.1, 0.15) is 6.42 Å². The van der Waals surface area contributed by atoms with E-state index in [0.717, 1.165) is 12.1 Å². The first kappa shape index (κ1) is 11.4. The Balaban J connectivity index is 2.39. The number of rotatable bonds is 2. The molecular weight excluding hydrogens is 230 g/mol. The lowest BCUT2D eigenvalue weighted by Crippen LogP contribution is -2.24. The van der Waals surface area contributed by atoms with Crippen molar-refractivity contribution in [2.75, 3.05) is 11.4 Å². The molecule has 0 aromatic heterocycles. The molecule has 1 aliphatic rings. The third-order valence-corrected chi connectivity index (χ3v) is 2.46. The maximum Gasteiger partial charge on any atom is 0.158 e. The largest absolute Gasteiger partial charge is 0.345 e. The molecule has 4 nitrogen and oxygen atoms in total. The first-order valence-corrected chi connectivity index (χ1v) is 4.92. The molecule has 0 amide bonds. The van der Waals surface area contributed by atoms with Crippen LogP contribution in [-0.4, -0.2) is 12.3 Å². The number of hydrogen-bond donors (Lipinski definition) is 0. The zero-order valence-corrected chi connectivity index (χ0v) is 8.69. The number of allylic oxidation sites excluding steroid dienone is 1. The van der Waals surface area contributed by atoms with E-state index in [-0.39, 0.29) is 24.4 Å². The Morgan fingerprint density at radius 3 is 2.59 bits per heavy atom. The third kappa shape index (κ3) is 2.20. The molecule has 1 aliphatic heterocycles. The highest BCUT2D eigenvalue weighted by molar-refractivity contribution is 5.91. The van der Waals surface area contributed by atoms with Gasteiger partial charge < -0.3 is 4.90 Å². The fourth-order valence-corrected chi connectivity index (χ4v) is 1.58. The maximum atomic E-state index is 13.6. The van der Waals surface area contributed by atoms with Crippen molar-refractivity contribution in [3.63, 3.8) is 0 Å². The number of hydrogen-bond acceptors (Lipinski definition) is 4. The van der Waals surface area contributed by atoms with Crippen molar-refractivity contribution in [2.24, 2.45) is 5.18 Å². The Morgan fingerprint density at radius 2 is 2.00 bits per heavy atom. The topological polar surface area (TPSA) is 49.7 Å². The Hall–Kier alpha value is -2.11. The predicted molar refractivity (Wildman–Crippen MR) is 57.9 cm³/mol. The normalized spacial score (nSPS) is 15.2. The maximum absolute atomic E-state index is 13.6. The van der Waals surface area contributed by atoms with E-state index in [2.05, 4.69) is 5.18 Å². The van der Waals surface area contributed by atoms with Crippen LogP contribution in [0.15, 0.2) is 29.6 Å². The first-order chi connectivity index (χ1) is 8.11. The molecule has 1 heterocycles. The first-order valence-electron chi connectivity index (χ1n) is 4.92. The molecule has 1 aromatic rings. The summed E-state index contributed by atoms with van der Waals surface area (Å²) in [6.45, 7) is 0.277. The average Bonchev–Trinajstić information content (AvgIpc) is 2.33. The number of anilines is 1. The zero-order valence-electron chi connectivity index (χ0n) is 8.69. The summed E-state index contributed by atoms with van der Waals surface area (Å²) in [4.78, 5) is 22.5. The van der Waals surface area contributed by atoms with Crippen LogP contribution >= 0.6 is 0 Å². The summed E-state index contributed by atoms with van der Waals surface area (Å²) < 4.78 is 26.9. The fraction of sp³-hybridized carbons (Fsp3) is 0.182. The number of benzene rings is 1. The SMILES string of the molecule is O=Nc1cc(F)c(N2C=CC(=O)CC2)cc1F. The van der Waals surface area contributed by atoms with Gasteiger partial charge in [0, 0.05) is 31.3 Å². The monoisotopic (exact) mass is 238 g/mol. The van der Waals surface area contributed by atoms with Gasteiger partial charge in [-0.05, 0) is 11.3 Å². The van der Waals surface area contributed by atoms with Gasteiger partial charge in [0.25, 0.3) is 0 Å². The Morgan fingerprint density at radius 1 is 1.24 bits per heavy atom. The Kier molecular flexibility index (Phi) is 2.95. The predicted octanol–water partition coefficient (Wildman–Crippen LogP) is 2.66. The minimum absolute atomic E-state index is 0.0151. The van der Waals surface area contributed by atoms with Gasteiger partial charge in [0.1, 0.15) is 11.5 Å². The summed E-state index contributed by atoms with van der Waals surface area (Å²) in [5.74, 6) is -1.70. The minimum Gasteiger partial charge on any atom is -0.345 e. The second kappa shape index (κ2) is 4.40. The molecule has 0 unspecified atom stereocenters. The number of nitrogens with zero attached hydrogens (tertiary/aromatic N) is 2. The molecule has 0 radical (unpaired) electrons. The molecule has 0 saturated carbocycles. The van der Waals surface area contributed by atoms with Crippen LogP contribution in [0.2, 0.25) is 0 Å². The van der Waals surface area contributed by atoms with E-state index in [1.165, 1.54) is 17.2 Å². The van der Waals surface area contributed by atoms with Gasteiger partial charge in [-0.3, -0.25) is 4.79 Å². The van der Waals surface area contributed by atoms with Gasteiger partial charge in [-0.25, -0.2) is 8.78 Å². The number of halogens is 2. The van der Waals surface area contributed by atoms with Gasteiger partial charge in [-0.1, -0.05) is 0 Å². The van der Waals surface area contributed by atoms with Crippen molar-refractivity contribution < 1.29 is 13.6 Å². The zero-order chi connectivity index (χ0) is 12.4. The van der Waals surface area contributed by atoms with E-state index in [9.17, 15) is 18.5 Å². The van der Waals surface area contributed by atoms with E-state index in [1.54, 1.807) is 0 Å². The quantitative estimate of drug-likeness (QED) is 0.744. The highest BCUT2D eigenvalue weighted by Gasteiger charge is 2.17. The second-order valence-corrected chi connectivity index (χ2v) is 3.57. The van der Waals surface area contributed by atoms with Crippen molar-refractivity contribution in [3.8, 4) is 0 Å². The van der Waals surface area contributed by atoms with Crippen LogP contribution < -0.4 is 4.90 Å². The fourth-order valence-electron chi connectivity index (χ4n) is 1.58. The Bertz CT molecular complexity index is 514. The smallest absolute Gasteiger partial charge is 0.158 e. The van der Waals surface area contributed by atoms with Crippen molar-refractivity contribution in [3.05, 3.63) is 41.0 Å². The lowest BCUT2D eigenvalue weighted by Gasteiger charge is -2.23. The molecule has 0 saturated heterocycles. The van der Waals surface area contributed by atoms with E-state index < -0.39 is 17.3 Å². The van der Waals surface area contributed by atoms with E-state index in [4.69, 9.17) is 0 Å². The molecular formula is C11H8F2N2O2. The van der Waals surface area contributed by atoms with Gasteiger partial charge in [-0.15, -0.1) is 4.91 Å². The van der Waals surface area contributed by atoms with Gasteiger partial charge in [0.05, 0.1) is 5.69 Å². The highest BCUT2D eigenvalue weighted by Crippen LogP contribution is 2.28. The van der Waals surface area contributed by atoms with Crippen molar-refractivity contribution >= 4 is 17.2 Å². The molecule has 1 aromatic carbocycles. The van der Waals surface area contributed by atoms with Gasteiger partial charge >= 0.3 is 0 Å². The molecule has 88 valence electrons. The third-order valence-electron chi connectivity index (χ3n) is 2.46. The average molecular weight is 238 g/mol. The van der Waals surface area contributed by atoms with Crippen molar-refractivity contribution in [1.82, 2.24) is 0 Å². The van der Waals surface area contributed by atoms with Gasteiger partial charge in [0.15, 0.2) is 11.6 Å². The molecule has 0 N–H and O–H groups in total. The van der Waals surface area contributed by atoms with E-state index in [0.29, 0.717) is 0 Å². The number of carbonyl (C=O) groups excluding carboxylic acids is 1. The van der Waals surface area contributed by atoms with Crippen LogP contribution in [0.5, 0.6) is 0 Å². The lowest BCUT2D eigenvalue weighted by atomic mass is 10.1. The minimum atomic E-state index is -0.887. The van der Waals surface area contributed by atoms with E-state index >= 15 is 0 Å². The van der Waals surface area contributed by atoms with Gasteiger partial charge in [0.2, 0.25) is 0 Å². The van der Waals surface area contributed by atoms with Crippen LogP contribution in [-0.2, 0) is 4.79 Å². The molecule has 0 bridgehead atoms. The number of ketones is 1. The van der Waals surface area contributed by atoms with Gasteiger partial charge in [-0.2, -0.15) is 0 Å². The van der Waals surface area contributed by atoms with Crippen LogP contribution in [0.25, 0.3) is 0 Å². The summed E-state index contributed by atoms with van der Waals surface area (Å²) in [5, 5.41) is 2.37. The van der Waals surface area contributed by atoms with Crippen LogP contribution in [0, 0.1) is 16.5 Å². The molecule has 0 atom stereocenters. The summed E-state index contributed by atoms with van der Waals surface area (Å²) >= 11 is 0.